The summed E-state index contributed by atoms with van der Waals surface area (Å²) >= 11 is 0. The molecule has 2 aromatic rings. The Morgan fingerprint density at radius 1 is 1.55 bits per heavy atom. The van der Waals surface area contributed by atoms with Gasteiger partial charge in [-0.2, -0.15) is 10.4 Å². The highest BCUT2D eigenvalue weighted by atomic mass is 19.1. The number of aromatic nitrogens is 2. The van der Waals surface area contributed by atoms with Crippen LogP contribution in [-0.4, -0.2) is 22.4 Å². The average Bonchev–Trinajstić information content (AvgIpc) is 2.90. The molecule has 0 atom stereocenters. The Morgan fingerprint density at radius 3 is 3.00 bits per heavy atom. The van der Waals surface area contributed by atoms with E-state index in [2.05, 4.69) is 5.10 Å². The zero-order valence-corrected chi connectivity index (χ0v) is 10.8. The minimum Gasteiger partial charge on any atom is -0.462 e. The maximum Gasteiger partial charge on any atom is 0.341 e. The summed E-state index contributed by atoms with van der Waals surface area (Å²) in [5, 5.41) is 12.7. The molecular formula is C14H12FN3O2. The molecule has 1 aromatic carbocycles. The third-order valence-electron chi connectivity index (χ3n) is 2.66. The standard InChI is InChI=1S/C14H12FN3O2/c1-2-20-14(19)12-7-17-18(9-12)8-11-4-3-10(6-16)5-13(11)15/h3-5,7,9H,2,8H2,1H3. The molecule has 5 nitrogen and oxygen atoms in total. The molecule has 0 aliphatic heterocycles. The maximum absolute atomic E-state index is 13.7. The van der Waals surface area contributed by atoms with Crippen LogP contribution >= 0.6 is 0 Å². The Morgan fingerprint density at radius 2 is 2.35 bits per heavy atom. The molecule has 0 fully saturated rings. The molecule has 0 saturated heterocycles. The fourth-order valence-corrected chi connectivity index (χ4v) is 1.69. The van der Waals surface area contributed by atoms with Gasteiger partial charge in [-0.3, -0.25) is 4.68 Å². The van der Waals surface area contributed by atoms with E-state index in [1.54, 1.807) is 6.92 Å². The zero-order valence-electron chi connectivity index (χ0n) is 10.8. The van der Waals surface area contributed by atoms with Crippen LogP contribution in [0.15, 0.2) is 30.6 Å². The first-order valence-electron chi connectivity index (χ1n) is 6.02. The molecular weight excluding hydrogens is 261 g/mol. The molecule has 20 heavy (non-hydrogen) atoms. The minimum absolute atomic E-state index is 0.178. The molecule has 0 aliphatic carbocycles. The smallest absolute Gasteiger partial charge is 0.341 e. The first kappa shape index (κ1) is 13.7. The van der Waals surface area contributed by atoms with Gasteiger partial charge in [0.2, 0.25) is 0 Å². The highest BCUT2D eigenvalue weighted by Gasteiger charge is 2.10. The van der Waals surface area contributed by atoms with Crippen LogP contribution in [0.5, 0.6) is 0 Å². The summed E-state index contributed by atoms with van der Waals surface area (Å²) in [6.45, 7) is 2.18. The van der Waals surface area contributed by atoms with E-state index in [0.29, 0.717) is 11.1 Å². The molecule has 0 unspecified atom stereocenters. The maximum atomic E-state index is 13.7. The van der Waals surface area contributed by atoms with Gasteiger partial charge in [-0.25, -0.2) is 9.18 Å². The normalized spacial score (nSPS) is 10.1. The Bertz CT molecular complexity index is 673. The van der Waals surface area contributed by atoms with Gasteiger partial charge in [0.25, 0.3) is 0 Å². The first-order chi connectivity index (χ1) is 9.63. The van der Waals surface area contributed by atoms with E-state index >= 15 is 0 Å². The number of carbonyl (C=O) groups is 1. The number of ether oxygens (including phenoxy) is 1. The second-order valence-corrected chi connectivity index (χ2v) is 4.07. The van der Waals surface area contributed by atoms with E-state index in [0.717, 1.165) is 0 Å². The SMILES string of the molecule is CCOC(=O)c1cnn(Cc2ccc(C#N)cc2F)c1. The van der Waals surface area contributed by atoms with Gasteiger partial charge in [-0.1, -0.05) is 6.07 Å². The number of hydrogen-bond donors (Lipinski definition) is 0. The van der Waals surface area contributed by atoms with Crippen LogP contribution in [0.25, 0.3) is 0 Å². The topological polar surface area (TPSA) is 67.9 Å². The van der Waals surface area contributed by atoms with Gasteiger partial charge < -0.3 is 4.74 Å². The van der Waals surface area contributed by atoms with Crippen molar-refractivity contribution in [2.24, 2.45) is 0 Å². The van der Waals surface area contributed by atoms with Gasteiger partial charge in [-0.05, 0) is 19.1 Å². The highest BCUT2D eigenvalue weighted by molar-refractivity contribution is 5.88. The quantitative estimate of drug-likeness (QED) is 0.800. The Kier molecular flexibility index (Phi) is 4.11. The van der Waals surface area contributed by atoms with Crippen molar-refractivity contribution < 1.29 is 13.9 Å². The van der Waals surface area contributed by atoms with E-state index in [9.17, 15) is 9.18 Å². The summed E-state index contributed by atoms with van der Waals surface area (Å²) in [7, 11) is 0. The average molecular weight is 273 g/mol. The summed E-state index contributed by atoms with van der Waals surface area (Å²) in [6, 6.07) is 6.10. The van der Waals surface area contributed by atoms with Crippen LogP contribution in [0.4, 0.5) is 4.39 Å². The Balaban J connectivity index is 2.15. The van der Waals surface area contributed by atoms with Crippen molar-refractivity contribution in [3.63, 3.8) is 0 Å². The molecule has 102 valence electrons. The van der Waals surface area contributed by atoms with E-state index < -0.39 is 11.8 Å². The summed E-state index contributed by atoms with van der Waals surface area (Å²) in [5.74, 6) is -0.934. The van der Waals surface area contributed by atoms with Crippen molar-refractivity contribution in [3.8, 4) is 6.07 Å². The number of halogens is 1. The summed E-state index contributed by atoms with van der Waals surface area (Å²) < 4.78 is 20.0. The van der Waals surface area contributed by atoms with Crippen molar-refractivity contribution in [1.29, 1.82) is 5.26 Å². The van der Waals surface area contributed by atoms with Crippen molar-refractivity contribution in [2.45, 2.75) is 13.5 Å². The third-order valence-corrected chi connectivity index (χ3v) is 2.66. The van der Waals surface area contributed by atoms with E-state index in [-0.39, 0.29) is 18.7 Å². The molecule has 2 rings (SSSR count). The molecule has 0 aliphatic rings. The fraction of sp³-hybridized carbons (Fsp3) is 0.214. The molecule has 0 saturated carbocycles. The molecule has 0 radical (unpaired) electrons. The lowest BCUT2D eigenvalue weighted by Crippen LogP contribution is -2.04. The predicted octanol–water partition coefficient (Wildman–Crippen LogP) is 2.12. The second-order valence-electron chi connectivity index (χ2n) is 4.07. The molecule has 1 heterocycles. The first-order valence-corrected chi connectivity index (χ1v) is 6.02. The van der Waals surface area contributed by atoms with Gasteiger partial charge in [0.15, 0.2) is 0 Å². The van der Waals surface area contributed by atoms with Gasteiger partial charge in [0, 0.05) is 11.8 Å². The predicted molar refractivity (Wildman–Crippen MR) is 68.4 cm³/mol. The van der Waals surface area contributed by atoms with Crippen LogP contribution in [0, 0.1) is 17.1 Å². The molecule has 0 spiro atoms. The Hall–Kier alpha value is -2.68. The Labute approximate surface area is 115 Å². The van der Waals surface area contributed by atoms with Crippen molar-refractivity contribution >= 4 is 5.97 Å². The lowest BCUT2D eigenvalue weighted by molar-refractivity contribution is 0.0526. The highest BCUT2D eigenvalue weighted by Crippen LogP contribution is 2.12. The summed E-state index contributed by atoms with van der Waals surface area (Å²) in [4.78, 5) is 11.5. The van der Waals surface area contributed by atoms with E-state index in [1.165, 1.54) is 35.3 Å². The van der Waals surface area contributed by atoms with E-state index in [1.807, 2.05) is 6.07 Å². The number of carbonyl (C=O) groups excluding carboxylic acids is 1. The summed E-state index contributed by atoms with van der Waals surface area (Å²) in [5.41, 5.74) is 0.974. The lowest BCUT2D eigenvalue weighted by atomic mass is 10.1. The number of nitrogens with zero attached hydrogens (tertiary/aromatic N) is 3. The van der Waals surface area contributed by atoms with Gasteiger partial charge in [0.05, 0.1) is 36.5 Å². The van der Waals surface area contributed by atoms with Gasteiger partial charge in [0.1, 0.15) is 5.82 Å². The van der Waals surface area contributed by atoms with Crippen LogP contribution in [0.3, 0.4) is 0 Å². The van der Waals surface area contributed by atoms with Gasteiger partial charge >= 0.3 is 5.97 Å². The lowest BCUT2D eigenvalue weighted by Gasteiger charge is -2.03. The molecule has 0 bridgehead atoms. The van der Waals surface area contributed by atoms with Crippen molar-refractivity contribution in [3.05, 3.63) is 53.1 Å². The van der Waals surface area contributed by atoms with Crippen LogP contribution < -0.4 is 0 Å². The minimum atomic E-state index is -0.475. The van der Waals surface area contributed by atoms with Crippen LogP contribution in [0.1, 0.15) is 28.4 Å². The molecule has 0 amide bonds. The number of rotatable bonds is 4. The fourth-order valence-electron chi connectivity index (χ4n) is 1.69. The summed E-state index contributed by atoms with van der Waals surface area (Å²) in [6.07, 6.45) is 2.87. The van der Waals surface area contributed by atoms with Crippen LogP contribution in [-0.2, 0) is 11.3 Å². The van der Waals surface area contributed by atoms with E-state index in [4.69, 9.17) is 10.00 Å². The van der Waals surface area contributed by atoms with Crippen LogP contribution in [0.2, 0.25) is 0 Å². The molecule has 0 N–H and O–H groups in total. The number of hydrogen-bond acceptors (Lipinski definition) is 4. The number of esters is 1. The zero-order chi connectivity index (χ0) is 14.5. The van der Waals surface area contributed by atoms with Crippen molar-refractivity contribution in [2.75, 3.05) is 6.61 Å². The number of nitriles is 1. The van der Waals surface area contributed by atoms with Gasteiger partial charge in [-0.15, -0.1) is 0 Å². The molecule has 1 aromatic heterocycles. The molecule has 6 heteroatoms. The third kappa shape index (κ3) is 3.01. The van der Waals surface area contributed by atoms with Crippen molar-refractivity contribution in [1.82, 2.24) is 9.78 Å². The second kappa shape index (κ2) is 5.97. The monoisotopic (exact) mass is 273 g/mol. The largest absolute Gasteiger partial charge is 0.462 e. The number of benzene rings is 1.